The van der Waals surface area contributed by atoms with Gasteiger partial charge in [0.15, 0.2) is 6.29 Å². The van der Waals surface area contributed by atoms with E-state index in [0.29, 0.717) is 17.6 Å². The number of aldehydes is 1. The lowest BCUT2D eigenvalue weighted by Crippen LogP contribution is -2.58. The zero-order chi connectivity index (χ0) is 18.2. The first kappa shape index (κ1) is 19.3. The van der Waals surface area contributed by atoms with E-state index in [1.54, 1.807) is 38.1 Å². The number of nitrogens with one attached hydrogen (secondary N) is 1. The summed E-state index contributed by atoms with van der Waals surface area (Å²) in [6.07, 6.45) is -1.23. The lowest BCUT2D eigenvalue weighted by Gasteiger charge is -2.35. The van der Waals surface area contributed by atoms with Crippen molar-refractivity contribution in [3.05, 3.63) is 29.8 Å². The Morgan fingerprint density at radius 2 is 1.92 bits per heavy atom. The molecule has 132 valence electrons. The predicted octanol–water partition coefficient (Wildman–Crippen LogP) is 2.23. The van der Waals surface area contributed by atoms with E-state index in [4.69, 9.17) is 14.2 Å². The van der Waals surface area contributed by atoms with Crippen molar-refractivity contribution in [1.29, 1.82) is 0 Å². The average Bonchev–Trinajstić information content (AvgIpc) is 2.59. The van der Waals surface area contributed by atoms with Gasteiger partial charge in [-0.25, -0.2) is 15.0 Å². The summed E-state index contributed by atoms with van der Waals surface area (Å²) in [5, 5.41) is 0.802. The third kappa shape index (κ3) is 4.37. The fourth-order valence-electron chi connectivity index (χ4n) is 1.98. The minimum atomic E-state index is -1.52. The van der Waals surface area contributed by atoms with Crippen molar-refractivity contribution in [3.8, 4) is 5.75 Å². The SMILES string of the molecule is CCOC(=O)NN(C(=O)OCC)[C@](C)(C=O)c1cccc(OC)c1. The van der Waals surface area contributed by atoms with Crippen molar-refractivity contribution in [2.45, 2.75) is 26.3 Å². The summed E-state index contributed by atoms with van der Waals surface area (Å²) < 4.78 is 14.9. The quantitative estimate of drug-likeness (QED) is 0.631. The molecule has 1 aromatic rings. The molecule has 0 unspecified atom stereocenters. The van der Waals surface area contributed by atoms with Crippen LogP contribution in [0.4, 0.5) is 9.59 Å². The summed E-state index contributed by atoms with van der Waals surface area (Å²) >= 11 is 0. The topological polar surface area (TPSA) is 94.2 Å². The molecule has 0 saturated heterocycles. The molecule has 1 rings (SSSR count). The van der Waals surface area contributed by atoms with Gasteiger partial charge in [0.05, 0.1) is 20.3 Å². The number of hydrogen-bond donors (Lipinski definition) is 1. The Bertz CT molecular complexity index is 592. The molecule has 24 heavy (non-hydrogen) atoms. The van der Waals surface area contributed by atoms with Crippen LogP contribution in [0.5, 0.6) is 5.75 Å². The molecule has 0 heterocycles. The highest BCUT2D eigenvalue weighted by Crippen LogP contribution is 2.28. The molecule has 0 spiro atoms. The van der Waals surface area contributed by atoms with E-state index in [2.05, 4.69) is 5.43 Å². The number of hydrogen-bond acceptors (Lipinski definition) is 6. The van der Waals surface area contributed by atoms with Gasteiger partial charge in [-0.1, -0.05) is 12.1 Å². The van der Waals surface area contributed by atoms with Gasteiger partial charge < -0.3 is 19.0 Å². The normalized spacial score (nSPS) is 12.5. The second-order valence-electron chi connectivity index (χ2n) is 4.86. The maximum absolute atomic E-state index is 12.3. The highest BCUT2D eigenvalue weighted by molar-refractivity contribution is 5.80. The maximum Gasteiger partial charge on any atom is 0.430 e. The van der Waals surface area contributed by atoms with Crippen molar-refractivity contribution in [1.82, 2.24) is 10.4 Å². The molecule has 8 nitrogen and oxygen atoms in total. The summed E-state index contributed by atoms with van der Waals surface area (Å²) in [5.74, 6) is 0.500. The Kier molecular flexibility index (Phi) is 7.03. The monoisotopic (exact) mass is 338 g/mol. The van der Waals surface area contributed by atoms with Crippen LogP contribution in [0.15, 0.2) is 24.3 Å². The van der Waals surface area contributed by atoms with Crippen LogP contribution in [0.2, 0.25) is 0 Å². The molecule has 1 atom stereocenters. The van der Waals surface area contributed by atoms with Crippen LogP contribution in [0.3, 0.4) is 0 Å². The van der Waals surface area contributed by atoms with E-state index in [-0.39, 0.29) is 13.2 Å². The minimum absolute atomic E-state index is 0.0763. The number of amides is 2. The number of carbonyl (C=O) groups excluding carboxylic acids is 3. The van der Waals surface area contributed by atoms with Gasteiger partial charge in [-0.3, -0.25) is 0 Å². The number of carbonyl (C=O) groups is 3. The lowest BCUT2D eigenvalue weighted by molar-refractivity contribution is -0.119. The van der Waals surface area contributed by atoms with Crippen molar-refractivity contribution in [3.63, 3.8) is 0 Å². The molecule has 0 saturated carbocycles. The van der Waals surface area contributed by atoms with E-state index in [0.717, 1.165) is 5.01 Å². The van der Waals surface area contributed by atoms with E-state index < -0.39 is 17.7 Å². The number of methoxy groups -OCH3 is 1. The fourth-order valence-corrected chi connectivity index (χ4v) is 1.98. The smallest absolute Gasteiger partial charge is 0.430 e. The molecule has 0 radical (unpaired) electrons. The van der Waals surface area contributed by atoms with Crippen LogP contribution in [0.25, 0.3) is 0 Å². The van der Waals surface area contributed by atoms with Gasteiger partial charge in [0.1, 0.15) is 11.3 Å². The summed E-state index contributed by atoms with van der Waals surface area (Å²) in [7, 11) is 1.48. The summed E-state index contributed by atoms with van der Waals surface area (Å²) in [6.45, 7) is 4.89. The van der Waals surface area contributed by atoms with Crippen molar-refractivity contribution >= 4 is 18.5 Å². The minimum Gasteiger partial charge on any atom is -0.497 e. The van der Waals surface area contributed by atoms with E-state index in [1.165, 1.54) is 14.0 Å². The Hall–Kier alpha value is -2.77. The molecule has 0 aromatic heterocycles. The van der Waals surface area contributed by atoms with E-state index >= 15 is 0 Å². The number of hydrazine groups is 1. The number of benzene rings is 1. The molecular weight excluding hydrogens is 316 g/mol. The second kappa shape index (κ2) is 8.76. The van der Waals surface area contributed by atoms with Crippen molar-refractivity contribution in [2.24, 2.45) is 0 Å². The molecule has 0 fully saturated rings. The third-order valence-electron chi connectivity index (χ3n) is 3.28. The van der Waals surface area contributed by atoms with Crippen LogP contribution in [0, 0.1) is 0 Å². The lowest BCUT2D eigenvalue weighted by atomic mass is 9.93. The van der Waals surface area contributed by atoms with Crippen LogP contribution in [-0.2, 0) is 19.8 Å². The summed E-state index contributed by atoms with van der Waals surface area (Å²) in [5.41, 5.74) is 1.17. The highest BCUT2D eigenvalue weighted by atomic mass is 16.6. The standard InChI is InChI=1S/C16H22N2O6/c1-5-23-14(20)17-18(15(21)24-6-2)16(3,11-19)12-8-7-9-13(10-12)22-4/h7-11H,5-6H2,1-4H3,(H,17,20)/t16-/m1/s1. The first-order valence-corrected chi connectivity index (χ1v) is 7.44. The first-order valence-electron chi connectivity index (χ1n) is 7.44. The molecule has 2 amide bonds. The largest absolute Gasteiger partial charge is 0.497 e. The second-order valence-corrected chi connectivity index (χ2v) is 4.86. The Morgan fingerprint density at radius 3 is 2.46 bits per heavy atom. The molecule has 0 aliphatic heterocycles. The van der Waals surface area contributed by atoms with E-state index in [1.807, 2.05) is 0 Å². The zero-order valence-electron chi connectivity index (χ0n) is 14.2. The van der Waals surface area contributed by atoms with E-state index in [9.17, 15) is 14.4 Å². The summed E-state index contributed by atoms with van der Waals surface area (Å²) in [6, 6.07) is 6.59. The Balaban J connectivity index is 3.28. The zero-order valence-corrected chi connectivity index (χ0v) is 14.2. The van der Waals surface area contributed by atoms with Gasteiger partial charge >= 0.3 is 12.2 Å². The predicted molar refractivity (Wildman–Crippen MR) is 85.4 cm³/mol. The Morgan fingerprint density at radius 1 is 1.25 bits per heavy atom. The van der Waals surface area contributed by atoms with Crippen LogP contribution in [0.1, 0.15) is 26.3 Å². The van der Waals surface area contributed by atoms with Gasteiger partial charge in [-0.05, 0) is 38.5 Å². The molecule has 1 aromatic carbocycles. The van der Waals surface area contributed by atoms with Gasteiger partial charge in [-0.2, -0.15) is 5.01 Å². The van der Waals surface area contributed by atoms with Crippen LogP contribution >= 0.6 is 0 Å². The Labute approximate surface area is 140 Å². The van der Waals surface area contributed by atoms with Crippen molar-refractivity contribution < 1.29 is 28.6 Å². The van der Waals surface area contributed by atoms with Gasteiger partial charge in [0.2, 0.25) is 0 Å². The van der Waals surface area contributed by atoms with Crippen molar-refractivity contribution in [2.75, 3.05) is 20.3 Å². The summed E-state index contributed by atoms with van der Waals surface area (Å²) in [4.78, 5) is 35.8. The van der Waals surface area contributed by atoms with Crippen LogP contribution in [-0.4, -0.2) is 43.8 Å². The number of ether oxygens (including phenoxy) is 3. The molecule has 0 aliphatic carbocycles. The van der Waals surface area contributed by atoms with Gasteiger partial charge in [0.25, 0.3) is 0 Å². The molecule has 0 aliphatic rings. The third-order valence-corrected chi connectivity index (χ3v) is 3.28. The number of rotatable bonds is 6. The van der Waals surface area contributed by atoms with Gasteiger partial charge in [-0.15, -0.1) is 0 Å². The maximum atomic E-state index is 12.3. The molecule has 0 bridgehead atoms. The average molecular weight is 338 g/mol. The first-order chi connectivity index (χ1) is 11.4. The molecule has 1 N–H and O–H groups in total. The highest BCUT2D eigenvalue weighted by Gasteiger charge is 2.40. The van der Waals surface area contributed by atoms with Crippen LogP contribution < -0.4 is 10.2 Å². The molecule has 8 heteroatoms. The van der Waals surface area contributed by atoms with Gasteiger partial charge in [0, 0.05) is 0 Å². The number of nitrogens with zero attached hydrogens (tertiary/aromatic N) is 1. The fraction of sp³-hybridized carbons (Fsp3) is 0.438. The molecular formula is C16H22N2O6.